The second-order valence-corrected chi connectivity index (χ2v) is 10.9. The zero-order chi connectivity index (χ0) is 19.4. The molecule has 27 heavy (non-hydrogen) atoms. The van der Waals surface area contributed by atoms with Crippen LogP contribution in [0.15, 0.2) is 54.6 Å². The van der Waals surface area contributed by atoms with Gasteiger partial charge in [0.1, 0.15) is 5.75 Å². The monoisotopic (exact) mass is 384 g/mol. The highest BCUT2D eigenvalue weighted by molar-refractivity contribution is 6.68. The average molecular weight is 385 g/mol. The predicted molar refractivity (Wildman–Crippen MR) is 119 cm³/mol. The quantitative estimate of drug-likeness (QED) is 0.261. The van der Waals surface area contributed by atoms with Gasteiger partial charge < -0.3 is 8.85 Å². The molecule has 3 heteroatoms. The van der Waals surface area contributed by atoms with E-state index in [2.05, 4.69) is 69.3 Å². The molecule has 148 valence electrons. The summed E-state index contributed by atoms with van der Waals surface area (Å²) in [6.45, 7) is 7.51. The largest absolute Gasteiger partial charge is 0.520 e. The van der Waals surface area contributed by atoms with Crippen LogP contribution in [0, 0.1) is 0 Å². The second kappa shape index (κ2) is 12.0. The van der Waals surface area contributed by atoms with Gasteiger partial charge in [-0.3, -0.25) is 0 Å². The van der Waals surface area contributed by atoms with Gasteiger partial charge in [0.05, 0.1) is 0 Å². The van der Waals surface area contributed by atoms with Crippen LogP contribution in [0.4, 0.5) is 0 Å². The van der Waals surface area contributed by atoms with Gasteiger partial charge in [-0.25, -0.2) is 0 Å². The fourth-order valence-corrected chi connectivity index (χ4v) is 5.73. The SMILES string of the molecule is CCCCCCCCO[Si](CC)(CC)Oc1ccccc1-c1ccccc1. The summed E-state index contributed by atoms with van der Waals surface area (Å²) in [5.41, 5.74) is 2.35. The molecule has 0 atom stereocenters. The summed E-state index contributed by atoms with van der Waals surface area (Å²) in [5.74, 6) is 0.960. The molecule has 2 rings (SSSR count). The first-order valence-electron chi connectivity index (χ1n) is 10.7. The summed E-state index contributed by atoms with van der Waals surface area (Å²) in [6.07, 6.45) is 7.72. The number of unbranched alkanes of at least 4 members (excludes halogenated alkanes) is 5. The van der Waals surface area contributed by atoms with Crippen LogP contribution in [0.2, 0.25) is 12.1 Å². The molecule has 0 radical (unpaired) electrons. The second-order valence-electron chi connectivity index (χ2n) is 7.20. The molecule has 0 aliphatic heterocycles. The molecule has 0 aliphatic carbocycles. The lowest BCUT2D eigenvalue weighted by Crippen LogP contribution is -2.44. The van der Waals surface area contributed by atoms with Crippen molar-refractivity contribution in [1.82, 2.24) is 0 Å². The van der Waals surface area contributed by atoms with Gasteiger partial charge in [0.15, 0.2) is 0 Å². The van der Waals surface area contributed by atoms with E-state index in [-0.39, 0.29) is 0 Å². The molecule has 0 heterocycles. The third-order valence-electron chi connectivity index (χ3n) is 5.21. The van der Waals surface area contributed by atoms with Gasteiger partial charge in [0.25, 0.3) is 0 Å². The molecule has 0 bridgehead atoms. The van der Waals surface area contributed by atoms with Crippen LogP contribution >= 0.6 is 0 Å². The van der Waals surface area contributed by atoms with Crippen LogP contribution in [0.25, 0.3) is 11.1 Å². The zero-order valence-electron chi connectivity index (χ0n) is 17.4. The minimum Gasteiger partial charge on any atom is -0.520 e. The van der Waals surface area contributed by atoms with Gasteiger partial charge in [-0.1, -0.05) is 101 Å². The number of hydrogen-bond acceptors (Lipinski definition) is 2. The molecular formula is C24H36O2Si. The van der Waals surface area contributed by atoms with Crippen molar-refractivity contribution in [3.8, 4) is 16.9 Å². The van der Waals surface area contributed by atoms with Gasteiger partial charge in [-0.05, 0) is 30.1 Å². The van der Waals surface area contributed by atoms with Crippen molar-refractivity contribution in [2.75, 3.05) is 6.61 Å². The first-order chi connectivity index (χ1) is 13.2. The first-order valence-corrected chi connectivity index (χ1v) is 12.9. The fraction of sp³-hybridized carbons (Fsp3) is 0.500. The highest BCUT2D eigenvalue weighted by Gasteiger charge is 2.36. The maximum Gasteiger partial charge on any atom is 0.398 e. The molecule has 0 saturated carbocycles. The Hall–Kier alpha value is -1.58. The van der Waals surface area contributed by atoms with E-state index in [0.29, 0.717) is 0 Å². The van der Waals surface area contributed by atoms with Crippen LogP contribution in [0.5, 0.6) is 5.75 Å². The number of rotatable bonds is 13. The number of hydrogen-bond donors (Lipinski definition) is 0. The molecule has 2 aromatic carbocycles. The predicted octanol–water partition coefficient (Wildman–Crippen LogP) is 7.59. The van der Waals surface area contributed by atoms with Gasteiger partial charge in [0.2, 0.25) is 0 Å². The molecule has 0 unspecified atom stereocenters. The highest BCUT2D eigenvalue weighted by atomic mass is 28.4. The molecule has 0 spiro atoms. The standard InChI is InChI=1S/C24H36O2Si/c1-4-7-8-9-10-16-21-25-27(5-2,6-3)26-24-20-15-14-19-23(24)22-17-12-11-13-18-22/h11-15,17-20H,4-10,16,21H2,1-3H3. The molecule has 0 N–H and O–H groups in total. The van der Waals surface area contributed by atoms with E-state index in [0.717, 1.165) is 36.4 Å². The summed E-state index contributed by atoms with van der Waals surface area (Å²) in [7, 11) is -2.22. The average Bonchev–Trinajstić information content (AvgIpc) is 2.73. The van der Waals surface area contributed by atoms with Crippen molar-refractivity contribution in [2.45, 2.75) is 71.4 Å². The summed E-state index contributed by atoms with van der Waals surface area (Å²) >= 11 is 0. The van der Waals surface area contributed by atoms with E-state index >= 15 is 0 Å². The number of para-hydroxylation sites is 1. The normalized spacial score (nSPS) is 11.5. The van der Waals surface area contributed by atoms with Crippen molar-refractivity contribution in [1.29, 1.82) is 0 Å². The van der Waals surface area contributed by atoms with Crippen LogP contribution in [0.3, 0.4) is 0 Å². The topological polar surface area (TPSA) is 18.5 Å². The Labute approximate surface area is 167 Å². The van der Waals surface area contributed by atoms with Crippen LogP contribution < -0.4 is 4.43 Å². The lowest BCUT2D eigenvalue weighted by atomic mass is 10.1. The molecular weight excluding hydrogens is 348 g/mol. The molecule has 2 nitrogen and oxygen atoms in total. The lowest BCUT2D eigenvalue weighted by Gasteiger charge is -2.30. The molecule has 0 saturated heterocycles. The van der Waals surface area contributed by atoms with E-state index < -0.39 is 8.56 Å². The molecule has 0 aromatic heterocycles. The Bertz CT molecular complexity index is 638. The van der Waals surface area contributed by atoms with Crippen molar-refractivity contribution < 1.29 is 8.85 Å². The van der Waals surface area contributed by atoms with Crippen molar-refractivity contribution in [2.24, 2.45) is 0 Å². The highest BCUT2D eigenvalue weighted by Crippen LogP contribution is 2.33. The van der Waals surface area contributed by atoms with E-state index in [4.69, 9.17) is 8.85 Å². The van der Waals surface area contributed by atoms with E-state index in [1.807, 2.05) is 6.07 Å². The fourth-order valence-electron chi connectivity index (χ4n) is 3.38. The lowest BCUT2D eigenvalue weighted by molar-refractivity contribution is 0.230. The Morgan fingerprint density at radius 2 is 1.33 bits per heavy atom. The van der Waals surface area contributed by atoms with Crippen molar-refractivity contribution >= 4 is 8.56 Å². The first kappa shape index (κ1) is 21.7. The Morgan fingerprint density at radius 3 is 2.04 bits per heavy atom. The Kier molecular flexibility index (Phi) is 9.64. The van der Waals surface area contributed by atoms with E-state index in [1.54, 1.807) is 0 Å². The third kappa shape index (κ3) is 6.82. The van der Waals surface area contributed by atoms with Crippen molar-refractivity contribution in [3.05, 3.63) is 54.6 Å². The molecule has 0 aliphatic rings. The Morgan fingerprint density at radius 1 is 0.704 bits per heavy atom. The molecule has 0 fully saturated rings. The van der Waals surface area contributed by atoms with Crippen LogP contribution in [-0.4, -0.2) is 15.2 Å². The summed E-state index contributed by atoms with van der Waals surface area (Å²) in [4.78, 5) is 0. The maximum atomic E-state index is 6.65. The molecule has 2 aromatic rings. The van der Waals surface area contributed by atoms with Crippen LogP contribution in [-0.2, 0) is 4.43 Å². The summed E-state index contributed by atoms with van der Waals surface area (Å²) in [6, 6.07) is 20.8. The third-order valence-corrected chi connectivity index (χ3v) is 8.69. The van der Waals surface area contributed by atoms with Gasteiger partial charge in [-0.15, -0.1) is 0 Å². The van der Waals surface area contributed by atoms with Gasteiger partial charge in [-0.2, -0.15) is 0 Å². The summed E-state index contributed by atoms with van der Waals surface area (Å²) in [5, 5.41) is 0. The maximum absolute atomic E-state index is 6.65. The van der Waals surface area contributed by atoms with Crippen molar-refractivity contribution in [3.63, 3.8) is 0 Å². The number of benzene rings is 2. The minimum absolute atomic E-state index is 0.827. The van der Waals surface area contributed by atoms with Crippen LogP contribution in [0.1, 0.15) is 59.3 Å². The zero-order valence-corrected chi connectivity index (χ0v) is 18.4. The van der Waals surface area contributed by atoms with Gasteiger partial charge >= 0.3 is 8.56 Å². The Balaban J connectivity index is 2.01. The van der Waals surface area contributed by atoms with Gasteiger partial charge in [0, 0.05) is 12.2 Å². The smallest absolute Gasteiger partial charge is 0.398 e. The van der Waals surface area contributed by atoms with E-state index in [1.165, 1.54) is 37.7 Å². The summed E-state index contributed by atoms with van der Waals surface area (Å²) < 4.78 is 13.1. The molecule has 0 amide bonds. The minimum atomic E-state index is -2.22. The van der Waals surface area contributed by atoms with E-state index in [9.17, 15) is 0 Å².